The number of rotatable bonds is 2. The Hall–Kier alpha value is -1.91. The van der Waals surface area contributed by atoms with Crippen molar-refractivity contribution in [2.24, 2.45) is 5.92 Å². The minimum atomic E-state index is -0.365. The Morgan fingerprint density at radius 3 is 2.30 bits per heavy atom. The topological polar surface area (TPSA) is 40.6 Å². The SMILES string of the molecule is CN1C(=O)CC(C(=O)N2CCCCCC2)C1c1ccc(F)cc1. The Morgan fingerprint density at radius 1 is 1.09 bits per heavy atom. The van der Waals surface area contributed by atoms with Crippen molar-refractivity contribution in [3.63, 3.8) is 0 Å². The number of nitrogens with zero attached hydrogens (tertiary/aromatic N) is 2. The molecule has 1 aromatic carbocycles. The molecule has 3 rings (SSSR count). The molecule has 2 heterocycles. The summed E-state index contributed by atoms with van der Waals surface area (Å²) < 4.78 is 13.2. The Kier molecular flexibility index (Phi) is 4.64. The first-order valence-corrected chi connectivity index (χ1v) is 8.38. The fourth-order valence-corrected chi connectivity index (χ4v) is 3.73. The summed E-state index contributed by atoms with van der Waals surface area (Å²) in [5.41, 5.74) is 0.827. The number of halogens is 1. The van der Waals surface area contributed by atoms with Gasteiger partial charge in [-0.2, -0.15) is 0 Å². The highest BCUT2D eigenvalue weighted by Crippen LogP contribution is 2.38. The molecular formula is C18H23FN2O2. The molecule has 2 unspecified atom stereocenters. The summed E-state index contributed by atoms with van der Waals surface area (Å²) in [5, 5.41) is 0. The minimum absolute atomic E-state index is 0.0208. The fourth-order valence-electron chi connectivity index (χ4n) is 3.73. The van der Waals surface area contributed by atoms with Crippen molar-refractivity contribution < 1.29 is 14.0 Å². The van der Waals surface area contributed by atoms with Crippen molar-refractivity contribution in [2.75, 3.05) is 20.1 Å². The lowest BCUT2D eigenvalue weighted by atomic mass is 9.92. The lowest BCUT2D eigenvalue weighted by Crippen LogP contribution is -2.39. The average molecular weight is 318 g/mol. The van der Waals surface area contributed by atoms with E-state index >= 15 is 0 Å². The Bertz CT molecular complexity index is 579. The smallest absolute Gasteiger partial charge is 0.228 e. The van der Waals surface area contributed by atoms with Crippen LogP contribution in [-0.4, -0.2) is 41.8 Å². The fraction of sp³-hybridized carbons (Fsp3) is 0.556. The van der Waals surface area contributed by atoms with Crippen LogP contribution >= 0.6 is 0 Å². The van der Waals surface area contributed by atoms with Gasteiger partial charge in [0.05, 0.1) is 12.0 Å². The molecule has 0 aromatic heterocycles. The summed E-state index contributed by atoms with van der Waals surface area (Å²) in [4.78, 5) is 28.7. The molecule has 4 nitrogen and oxygen atoms in total. The van der Waals surface area contributed by atoms with E-state index in [9.17, 15) is 14.0 Å². The predicted octanol–water partition coefficient (Wildman–Crippen LogP) is 2.75. The lowest BCUT2D eigenvalue weighted by molar-refractivity contribution is -0.136. The van der Waals surface area contributed by atoms with Gasteiger partial charge in [-0.15, -0.1) is 0 Å². The second kappa shape index (κ2) is 6.69. The van der Waals surface area contributed by atoms with E-state index in [0.717, 1.165) is 44.3 Å². The molecule has 5 heteroatoms. The average Bonchev–Trinajstić information content (AvgIpc) is 2.75. The van der Waals surface area contributed by atoms with Gasteiger partial charge in [0.25, 0.3) is 0 Å². The highest BCUT2D eigenvalue weighted by Gasteiger charge is 2.44. The van der Waals surface area contributed by atoms with Crippen LogP contribution in [0.1, 0.15) is 43.7 Å². The molecule has 2 fully saturated rings. The van der Waals surface area contributed by atoms with Crippen LogP contribution < -0.4 is 0 Å². The second-order valence-corrected chi connectivity index (χ2v) is 6.55. The van der Waals surface area contributed by atoms with E-state index in [4.69, 9.17) is 0 Å². The van der Waals surface area contributed by atoms with Crippen LogP contribution in [0.15, 0.2) is 24.3 Å². The third kappa shape index (κ3) is 3.23. The second-order valence-electron chi connectivity index (χ2n) is 6.55. The van der Waals surface area contributed by atoms with E-state index in [1.165, 1.54) is 12.1 Å². The summed E-state index contributed by atoms with van der Waals surface area (Å²) >= 11 is 0. The molecule has 2 aliphatic heterocycles. The minimum Gasteiger partial charge on any atom is -0.342 e. The first-order valence-electron chi connectivity index (χ1n) is 8.38. The van der Waals surface area contributed by atoms with Crippen molar-refractivity contribution in [1.82, 2.24) is 9.80 Å². The normalized spacial score (nSPS) is 25.6. The number of carbonyl (C=O) groups is 2. The van der Waals surface area contributed by atoms with E-state index < -0.39 is 0 Å². The molecule has 0 radical (unpaired) electrons. The largest absolute Gasteiger partial charge is 0.342 e. The molecule has 1 aromatic rings. The molecule has 0 N–H and O–H groups in total. The maximum atomic E-state index is 13.2. The summed E-state index contributed by atoms with van der Waals surface area (Å²) in [6.45, 7) is 1.56. The van der Waals surface area contributed by atoms with E-state index in [0.29, 0.717) is 0 Å². The molecule has 124 valence electrons. The van der Waals surface area contributed by atoms with Gasteiger partial charge in [0.1, 0.15) is 5.82 Å². The zero-order chi connectivity index (χ0) is 16.4. The van der Waals surface area contributed by atoms with Crippen molar-refractivity contribution >= 4 is 11.8 Å². The van der Waals surface area contributed by atoms with Crippen LogP contribution in [0, 0.1) is 11.7 Å². The van der Waals surface area contributed by atoms with E-state index in [1.54, 1.807) is 24.1 Å². The molecule has 0 spiro atoms. The van der Waals surface area contributed by atoms with Crippen molar-refractivity contribution in [2.45, 2.75) is 38.1 Å². The molecule has 0 saturated carbocycles. The van der Waals surface area contributed by atoms with Gasteiger partial charge in [-0.3, -0.25) is 9.59 Å². The first kappa shape index (κ1) is 16.0. The standard InChI is InChI=1S/C18H23FN2O2/c1-20-16(22)12-15(17(20)13-6-8-14(19)9-7-13)18(23)21-10-4-2-3-5-11-21/h6-9,15,17H,2-5,10-12H2,1H3. The third-order valence-corrected chi connectivity index (χ3v) is 5.03. The van der Waals surface area contributed by atoms with Gasteiger partial charge >= 0.3 is 0 Å². The van der Waals surface area contributed by atoms with Crippen LogP contribution in [0.4, 0.5) is 4.39 Å². The van der Waals surface area contributed by atoms with E-state index in [1.807, 2.05) is 4.90 Å². The number of likely N-dealkylation sites (tertiary alicyclic amines) is 2. The van der Waals surface area contributed by atoms with Gasteiger partial charge in [0.15, 0.2) is 0 Å². The van der Waals surface area contributed by atoms with Crippen LogP contribution in [0.2, 0.25) is 0 Å². The third-order valence-electron chi connectivity index (χ3n) is 5.03. The summed E-state index contributed by atoms with van der Waals surface area (Å²) in [5.74, 6) is -0.626. The first-order chi connectivity index (χ1) is 11.1. The maximum Gasteiger partial charge on any atom is 0.228 e. The van der Waals surface area contributed by atoms with Gasteiger partial charge < -0.3 is 9.80 Å². The number of benzene rings is 1. The van der Waals surface area contributed by atoms with Gasteiger partial charge in [0, 0.05) is 26.6 Å². The van der Waals surface area contributed by atoms with E-state index in [-0.39, 0.29) is 36.0 Å². The van der Waals surface area contributed by atoms with Gasteiger partial charge in [-0.25, -0.2) is 4.39 Å². The van der Waals surface area contributed by atoms with Gasteiger partial charge in [0.2, 0.25) is 11.8 Å². The zero-order valence-corrected chi connectivity index (χ0v) is 13.5. The van der Waals surface area contributed by atoms with Gasteiger partial charge in [-0.1, -0.05) is 25.0 Å². The lowest BCUT2D eigenvalue weighted by Gasteiger charge is -2.29. The van der Waals surface area contributed by atoms with Crippen LogP contribution in [0.3, 0.4) is 0 Å². The van der Waals surface area contributed by atoms with Crippen LogP contribution in [0.5, 0.6) is 0 Å². The molecule has 2 atom stereocenters. The predicted molar refractivity (Wildman–Crippen MR) is 85.1 cm³/mol. The number of carbonyl (C=O) groups excluding carboxylic acids is 2. The molecule has 2 saturated heterocycles. The molecule has 2 amide bonds. The monoisotopic (exact) mass is 318 g/mol. The summed E-state index contributed by atoms with van der Waals surface area (Å²) in [6, 6.07) is 5.84. The van der Waals surface area contributed by atoms with E-state index in [2.05, 4.69) is 0 Å². The highest BCUT2D eigenvalue weighted by molar-refractivity contribution is 5.90. The number of hydrogen-bond acceptors (Lipinski definition) is 2. The molecule has 0 bridgehead atoms. The summed E-state index contributed by atoms with van der Waals surface area (Å²) in [7, 11) is 1.73. The summed E-state index contributed by atoms with van der Waals surface area (Å²) in [6.07, 6.45) is 4.63. The molecule has 23 heavy (non-hydrogen) atoms. The zero-order valence-electron chi connectivity index (χ0n) is 13.5. The molecule has 0 aliphatic carbocycles. The van der Waals surface area contributed by atoms with Crippen molar-refractivity contribution in [1.29, 1.82) is 0 Å². The number of hydrogen-bond donors (Lipinski definition) is 0. The van der Waals surface area contributed by atoms with Crippen molar-refractivity contribution in [3.8, 4) is 0 Å². The Morgan fingerprint density at radius 2 is 1.70 bits per heavy atom. The van der Waals surface area contributed by atoms with Gasteiger partial charge in [-0.05, 0) is 30.5 Å². The number of amides is 2. The Balaban J connectivity index is 1.84. The van der Waals surface area contributed by atoms with Crippen LogP contribution in [0.25, 0.3) is 0 Å². The van der Waals surface area contributed by atoms with Crippen LogP contribution in [-0.2, 0) is 9.59 Å². The quantitative estimate of drug-likeness (QED) is 0.841. The molecular weight excluding hydrogens is 295 g/mol. The molecule has 2 aliphatic rings. The maximum absolute atomic E-state index is 13.2. The van der Waals surface area contributed by atoms with Crippen molar-refractivity contribution in [3.05, 3.63) is 35.6 Å². The highest BCUT2D eigenvalue weighted by atomic mass is 19.1. The Labute approximate surface area is 136 Å².